The van der Waals surface area contributed by atoms with Crippen LogP contribution < -0.4 is 0 Å². The zero-order valence-corrected chi connectivity index (χ0v) is 29.6. The van der Waals surface area contributed by atoms with E-state index in [1.54, 1.807) is 0 Å². The van der Waals surface area contributed by atoms with E-state index in [9.17, 15) is 0 Å². The summed E-state index contributed by atoms with van der Waals surface area (Å²) < 4.78 is 0. The van der Waals surface area contributed by atoms with Gasteiger partial charge in [-0.25, -0.2) is 15.0 Å². The zero-order chi connectivity index (χ0) is 34.5. The van der Waals surface area contributed by atoms with Crippen LogP contribution in [-0.2, 0) is 23.7 Å². The summed E-state index contributed by atoms with van der Waals surface area (Å²) in [5.74, 6) is 2.07. The van der Waals surface area contributed by atoms with Gasteiger partial charge >= 0.3 is 0 Å². The minimum atomic E-state index is -0.171. The van der Waals surface area contributed by atoms with Gasteiger partial charge in [0.15, 0.2) is 17.5 Å². The van der Waals surface area contributed by atoms with Gasteiger partial charge in [0, 0.05) is 27.5 Å². The molecule has 51 heavy (non-hydrogen) atoms. The lowest BCUT2D eigenvalue weighted by atomic mass is 9.80. The van der Waals surface area contributed by atoms with Crippen molar-refractivity contribution in [1.82, 2.24) is 15.0 Å². The molecule has 6 aromatic carbocycles. The third kappa shape index (κ3) is 4.54. The number of benzene rings is 6. The van der Waals surface area contributed by atoms with Gasteiger partial charge in [0.25, 0.3) is 0 Å². The van der Waals surface area contributed by atoms with Gasteiger partial charge in [0.2, 0.25) is 0 Å². The monoisotopic (exact) mass is 657 g/mol. The third-order valence-corrected chi connectivity index (χ3v) is 11.9. The molecule has 3 nitrogen and oxygen atoms in total. The third-order valence-electron chi connectivity index (χ3n) is 11.9. The molecule has 246 valence electrons. The van der Waals surface area contributed by atoms with Crippen LogP contribution in [0.2, 0.25) is 0 Å². The van der Waals surface area contributed by atoms with E-state index in [1.165, 1.54) is 73.2 Å². The lowest BCUT2D eigenvalue weighted by Crippen LogP contribution is -2.15. The zero-order valence-electron chi connectivity index (χ0n) is 29.6. The van der Waals surface area contributed by atoms with Crippen molar-refractivity contribution in [3.05, 3.63) is 161 Å². The van der Waals surface area contributed by atoms with Crippen molar-refractivity contribution in [3.63, 3.8) is 0 Å². The molecule has 0 fully saturated rings. The van der Waals surface area contributed by atoms with Gasteiger partial charge in [-0.15, -0.1) is 0 Å². The molecule has 0 radical (unpaired) electrons. The fourth-order valence-electron chi connectivity index (χ4n) is 9.09. The smallest absolute Gasteiger partial charge is 0.164 e. The molecule has 0 spiro atoms. The maximum absolute atomic E-state index is 5.22. The van der Waals surface area contributed by atoms with Crippen molar-refractivity contribution in [3.8, 4) is 67.5 Å². The Morgan fingerprint density at radius 3 is 1.59 bits per heavy atom. The molecule has 0 unspecified atom stereocenters. The lowest BCUT2D eigenvalue weighted by molar-refractivity contribution is 0.660. The normalized spacial score (nSPS) is 15.5. The fraction of sp³-hybridized carbons (Fsp3) is 0.188. The van der Waals surface area contributed by atoms with Gasteiger partial charge in [0.1, 0.15) is 0 Å². The Morgan fingerprint density at radius 1 is 0.373 bits per heavy atom. The van der Waals surface area contributed by atoms with Gasteiger partial charge in [-0.3, -0.25) is 0 Å². The quantitative estimate of drug-likeness (QED) is 0.190. The number of fused-ring (bicyclic) bond motifs is 9. The van der Waals surface area contributed by atoms with E-state index in [4.69, 9.17) is 15.0 Å². The average Bonchev–Trinajstić information content (AvgIpc) is 3.42. The SMILES string of the molecule is CC1(C)c2ccccc2-c2ccc(-c3nc(-c4ccccc4)nc(-c4ccc5c(c4)C(C)(C)c4cc6c(cc4-5)CCCc4ccccc4-6)n3)cc21. The van der Waals surface area contributed by atoms with E-state index < -0.39 is 0 Å². The molecule has 0 N–H and O–H groups in total. The van der Waals surface area contributed by atoms with E-state index in [1.807, 2.05) is 18.2 Å². The molecule has 0 aliphatic heterocycles. The molecule has 0 saturated heterocycles. The van der Waals surface area contributed by atoms with Crippen LogP contribution in [0.4, 0.5) is 0 Å². The topological polar surface area (TPSA) is 38.7 Å². The van der Waals surface area contributed by atoms with Gasteiger partial charge in [0.05, 0.1) is 0 Å². The number of hydrogen-bond donors (Lipinski definition) is 0. The van der Waals surface area contributed by atoms with Crippen molar-refractivity contribution < 1.29 is 0 Å². The molecule has 0 bridgehead atoms. The summed E-state index contributed by atoms with van der Waals surface area (Å²) in [7, 11) is 0. The highest BCUT2D eigenvalue weighted by molar-refractivity contribution is 5.88. The minimum Gasteiger partial charge on any atom is -0.208 e. The number of rotatable bonds is 3. The summed E-state index contributed by atoms with van der Waals surface area (Å²) in [6.07, 6.45) is 3.42. The Labute approximate surface area is 300 Å². The second-order valence-corrected chi connectivity index (χ2v) is 15.6. The summed E-state index contributed by atoms with van der Waals surface area (Å²) in [5.41, 5.74) is 19.1. The maximum Gasteiger partial charge on any atom is 0.164 e. The number of aromatic nitrogens is 3. The Morgan fingerprint density at radius 2 is 0.882 bits per heavy atom. The molecular weight excluding hydrogens is 619 g/mol. The second kappa shape index (κ2) is 10.9. The van der Waals surface area contributed by atoms with E-state index in [2.05, 4.69) is 137 Å². The van der Waals surface area contributed by atoms with Crippen LogP contribution in [-0.4, -0.2) is 15.0 Å². The Bertz CT molecular complexity index is 2560. The van der Waals surface area contributed by atoms with Crippen LogP contribution in [0.1, 0.15) is 67.5 Å². The lowest BCUT2D eigenvalue weighted by Gasteiger charge is -2.23. The highest BCUT2D eigenvalue weighted by Crippen LogP contribution is 2.53. The van der Waals surface area contributed by atoms with Crippen LogP contribution in [0.5, 0.6) is 0 Å². The first-order valence-corrected chi connectivity index (χ1v) is 18.2. The minimum absolute atomic E-state index is 0.110. The molecule has 7 aromatic rings. The first-order chi connectivity index (χ1) is 24.8. The summed E-state index contributed by atoms with van der Waals surface area (Å²) in [6.45, 7) is 9.37. The standard InChI is InChI=1S/C48H39N3/c1-47(2)40-20-11-10-19-35(40)36-23-21-32(26-41(36)47)45-49-44(30-14-6-5-7-15-30)50-46(51-45)33-22-24-37-39-25-31-17-12-16-29-13-8-9-18-34(29)38(31)28-43(39)48(3,4)42(37)27-33/h5-11,13-15,18-28H,12,16-17H2,1-4H3. The van der Waals surface area contributed by atoms with Crippen LogP contribution in [0.15, 0.2) is 127 Å². The summed E-state index contributed by atoms with van der Waals surface area (Å²) in [5, 5.41) is 0. The van der Waals surface area contributed by atoms with E-state index in [0.717, 1.165) is 29.5 Å². The first-order valence-electron chi connectivity index (χ1n) is 18.2. The van der Waals surface area contributed by atoms with Crippen molar-refractivity contribution in [2.45, 2.75) is 57.8 Å². The molecular formula is C48H39N3. The predicted molar refractivity (Wildman–Crippen MR) is 209 cm³/mol. The number of aryl methyl sites for hydroxylation is 2. The summed E-state index contributed by atoms with van der Waals surface area (Å²) in [6, 6.07) is 46.6. The molecule has 0 saturated carbocycles. The van der Waals surface area contributed by atoms with Crippen molar-refractivity contribution >= 4 is 0 Å². The van der Waals surface area contributed by atoms with Gasteiger partial charge in [-0.05, 0) is 104 Å². The molecule has 3 aliphatic rings. The fourth-order valence-corrected chi connectivity index (χ4v) is 9.09. The van der Waals surface area contributed by atoms with Gasteiger partial charge in [-0.2, -0.15) is 0 Å². The Hall–Kier alpha value is -5.67. The number of hydrogen-bond acceptors (Lipinski definition) is 3. The molecule has 10 rings (SSSR count). The highest BCUT2D eigenvalue weighted by atomic mass is 15.0. The predicted octanol–water partition coefficient (Wildman–Crippen LogP) is 11.6. The van der Waals surface area contributed by atoms with E-state index in [-0.39, 0.29) is 10.8 Å². The molecule has 1 heterocycles. The largest absolute Gasteiger partial charge is 0.208 e. The second-order valence-electron chi connectivity index (χ2n) is 15.6. The molecule has 3 heteroatoms. The summed E-state index contributed by atoms with van der Waals surface area (Å²) >= 11 is 0. The van der Waals surface area contributed by atoms with Crippen LogP contribution >= 0.6 is 0 Å². The Kier molecular flexibility index (Phi) is 6.46. The van der Waals surface area contributed by atoms with Crippen molar-refractivity contribution in [2.75, 3.05) is 0 Å². The van der Waals surface area contributed by atoms with Crippen LogP contribution in [0, 0.1) is 0 Å². The van der Waals surface area contributed by atoms with E-state index in [0.29, 0.717) is 17.5 Å². The Balaban J connectivity index is 1.11. The van der Waals surface area contributed by atoms with Crippen molar-refractivity contribution in [2.24, 2.45) is 0 Å². The molecule has 0 atom stereocenters. The first kappa shape index (κ1) is 30.2. The van der Waals surface area contributed by atoms with Crippen LogP contribution in [0.3, 0.4) is 0 Å². The van der Waals surface area contributed by atoms with E-state index >= 15 is 0 Å². The molecule has 0 amide bonds. The van der Waals surface area contributed by atoms with Crippen molar-refractivity contribution in [1.29, 1.82) is 0 Å². The van der Waals surface area contributed by atoms with Gasteiger partial charge in [-0.1, -0.05) is 137 Å². The summed E-state index contributed by atoms with van der Waals surface area (Å²) in [4.78, 5) is 15.5. The van der Waals surface area contributed by atoms with Gasteiger partial charge < -0.3 is 0 Å². The molecule has 3 aliphatic carbocycles. The van der Waals surface area contributed by atoms with Crippen LogP contribution in [0.25, 0.3) is 67.5 Å². The number of nitrogens with zero attached hydrogens (tertiary/aromatic N) is 3. The highest BCUT2D eigenvalue weighted by Gasteiger charge is 2.38. The molecule has 1 aromatic heterocycles. The maximum atomic E-state index is 5.22. The average molecular weight is 658 g/mol.